The van der Waals surface area contributed by atoms with E-state index in [1.807, 2.05) is 37.4 Å². The third kappa shape index (κ3) is 3.12. The molecule has 0 atom stereocenters. The van der Waals surface area contributed by atoms with Gasteiger partial charge in [-0.05, 0) is 19.2 Å². The molecule has 0 saturated heterocycles. The third-order valence-electron chi connectivity index (χ3n) is 3.00. The molecule has 3 aromatic rings. The van der Waals surface area contributed by atoms with Crippen LogP contribution in [0.2, 0.25) is 5.02 Å². The summed E-state index contributed by atoms with van der Waals surface area (Å²) in [5.41, 5.74) is 1.82. The molecular weight excluding hydrogens is 286 g/mol. The molecule has 0 aliphatic carbocycles. The van der Waals surface area contributed by atoms with Crippen LogP contribution in [0.15, 0.2) is 48.8 Å². The number of hydrogen-bond acceptors (Lipinski definition) is 4. The molecule has 3 rings (SSSR count). The van der Waals surface area contributed by atoms with Crippen LogP contribution in [0, 0.1) is 0 Å². The van der Waals surface area contributed by atoms with Crippen molar-refractivity contribution in [1.82, 2.24) is 15.3 Å². The van der Waals surface area contributed by atoms with Crippen LogP contribution in [0.1, 0.15) is 5.69 Å². The van der Waals surface area contributed by atoms with Crippen molar-refractivity contribution in [2.45, 2.75) is 6.54 Å². The Hall–Kier alpha value is -2.17. The second-order valence-corrected chi connectivity index (χ2v) is 5.04. The molecule has 0 amide bonds. The molecule has 2 heterocycles. The van der Waals surface area contributed by atoms with E-state index in [0.29, 0.717) is 17.3 Å². The SMILES string of the molecule is CNCc1cc(Oc2cncc(Cl)c2)c2ccccc2n1. The smallest absolute Gasteiger partial charge is 0.147 e. The van der Waals surface area contributed by atoms with E-state index >= 15 is 0 Å². The Morgan fingerprint density at radius 2 is 2.05 bits per heavy atom. The molecule has 0 saturated carbocycles. The lowest BCUT2D eigenvalue weighted by Gasteiger charge is -2.11. The quantitative estimate of drug-likeness (QED) is 0.796. The third-order valence-corrected chi connectivity index (χ3v) is 3.20. The molecule has 0 aliphatic rings. The van der Waals surface area contributed by atoms with Crippen molar-refractivity contribution in [1.29, 1.82) is 0 Å². The van der Waals surface area contributed by atoms with E-state index in [9.17, 15) is 0 Å². The largest absolute Gasteiger partial charge is 0.455 e. The van der Waals surface area contributed by atoms with E-state index < -0.39 is 0 Å². The molecule has 0 fully saturated rings. The van der Waals surface area contributed by atoms with Gasteiger partial charge in [-0.25, -0.2) is 0 Å². The summed E-state index contributed by atoms with van der Waals surface area (Å²) in [5.74, 6) is 1.35. The molecule has 0 spiro atoms. The summed E-state index contributed by atoms with van der Waals surface area (Å²) in [4.78, 5) is 8.63. The minimum atomic E-state index is 0.543. The number of para-hydroxylation sites is 1. The molecule has 0 aliphatic heterocycles. The molecular formula is C16H14ClN3O. The van der Waals surface area contributed by atoms with Crippen LogP contribution in [-0.2, 0) is 6.54 Å². The van der Waals surface area contributed by atoms with Crippen LogP contribution in [0.4, 0.5) is 0 Å². The molecule has 1 N–H and O–H groups in total. The second kappa shape index (κ2) is 6.08. The van der Waals surface area contributed by atoms with Gasteiger partial charge in [-0.3, -0.25) is 9.97 Å². The molecule has 1 aromatic carbocycles. The normalized spacial score (nSPS) is 10.8. The van der Waals surface area contributed by atoms with Crippen LogP contribution >= 0.6 is 11.6 Å². The van der Waals surface area contributed by atoms with Gasteiger partial charge in [0.25, 0.3) is 0 Å². The van der Waals surface area contributed by atoms with Gasteiger partial charge in [-0.15, -0.1) is 0 Å². The number of halogens is 1. The number of rotatable bonds is 4. The van der Waals surface area contributed by atoms with Gasteiger partial charge in [-0.2, -0.15) is 0 Å². The van der Waals surface area contributed by atoms with Crippen molar-refractivity contribution in [3.63, 3.8) is 0 Å². The predicted octanol–water partition coefficient (Wildman–Crippen LogP) is 3.79. The first-order valence-corrected chi connectivity index (χ1v) is 6.96. The van der Waals surface area contributed by atoms with Crippen LogP contribution in [0.5, 0.6) is 11.5 Å². The zero-order valence-electron chi connectivity index (χ0n) is 11.5. The highest BCUT2D eigenvalue weighted by Crippen LogP contribution is 2.30. The number of aromatic nitrogens is 2. The molecule has 0 bridgehead atoms. The number of pyridine rings is 2. The lowest BCUT2D eigenvalue weighted by atomic mass is 10.2. The van der Waals surface area contributed by atoms with E-state index in [0.717, 1.165) is 22.3 Å². The standard InChI is InChI=1S/C16H14ClN3O/c1-18-9-12-7-16(14-4-2-3-5-15(14)20-12)21-13-6-11(17)8-19-10-13/h2-8,10,18H,9H2,1H3. The molecule has 0 radical (unpaired) electrons. The van der Waals surface area contributed by atoms with E-state index in [-0.39, 0.29) is 0 Å². The van der Waals surface area contributed by atoms with E-state index in [1.165, 1.54) is 0 Å². The van der Waals surface area contributed by atoms with Crippen LogP contribution in [-0.4, -0.2) is 17.0 Å². The van der Waals surface area contributed by atoms with Gasteiger partial charge in [-0.1, -0.05) is 23.7 Å². The first-order chi connectivity index (χ1) is 10.3. The predicted molar refractivity (Wildman–Crippen MR) is 83.8 cm³/mol. The fraction of sp³-hybridized carbons (Fsp3) is 0.125. The highest BCUT2D eigenvalue weighted by molar-refractivity contribution is 6.30. The zero-order valence-corrected chi connectivity index (χ0v) is 12.3. The van der Waals surface area contributed by atoms with Crippen molar-refractivity contribution in [3.8, 4) is 11.5 Å². The van der Waals surface area contributed by atoms with Crippen molar-refractivity contribution < 1.29 is 4.74 Å². The Labute approximate surface area is 127 Å². The molecule has 0 unspecified atom stereocenters. The summed E-state index contributed by atoms with van der Waals surface area (Å²) in [6.45, 7) is 0.676. The van der Waals surface area contributed by atoms with Crippen LogP contribution in [0.3, 0.4) is 0 Å². The first kappa shape index (κ1) is 13.8. The molecule has 4 nitrogen and oxygen atoms in total. The van der Waals surface area contributed by atoms with Crippen LogP contribution < -0.4 is 10.1 Å². The van der Waals surface area contributed by atoms with E-state index in [2.05, 4.69) is 15.3 Å². The first-order valence-electron chi connectivity index (χ1n) is 6.58. The van der Waals surface area contributed by atoms with Gasteiger partial charge < -0.3 is 10.1 Å². The van der Waals surface area contributed by atoms with Crippen LogP contribution in [0.25, 0.3) is 10.9 Å². The average molecular weight is 300 g/mol. The summed E-state index contributed by atoms with van der Waals surface area (Å²) in [7, 11) is 1.89. The van der Waals surface area contributed by atoms with Gasteiger partial charge >= 0.3 is 0 Å². The number of ether oxygens (including phenoxy) is 1. The Balaban J connectivity index is 2.07. The molecule has 21 heavy (non-hydrogen) atoms. The van der Waals surface area contributed by atoms with Crippen molar-refractivity contribution in [2.75, 3.05) is 7.05 Å². The van der Waals surface area contributed by atoms with Gasteiger partial charge in [0.15, 0.2) is 0 Å². The number of nitrogens with one attached hydrogen (secondary N) is 1. The number of benzene rings is 1. The highest BCUT2D eigenvalue weighted by Gasteiger charge is 2.08. The maximum absolute atomic E-state index is 5.95. The summed E-state index contributed by atoms with van der Waals surface area (Å²) >= 11 is 5.95. The van der Waals surface area contributed by atoms with Gasteiger partial charge in [0, 0.05) is 30.3 Å². The van der Waals surface area contributed by atoms with Gasteiger partial charge in [0.05, 0.1) is 22.4 Å². The minimum absolute atomic E-state index is 0.543. The Morgan fingerprint density at radius 3 is 2.86 bits per heavy atom. The summed E-state index contributed by atoms with van der Waals surface area (Å²) in [5, 5.41) is 4.60. The molecule has 5 heteroatoms. The van der Waals surface area contributed by atoms with Crippen molar-refractivity contribution in [3.05, 3.63) is 59.5 Å². The lowest BCUT2D eigenvalue weighted by Crippen LogP contribution is -2.07. The summed E-state index contributed by atoms with van der Waals surface area (Å²) in [6, 6.07) is 11.5. The summed E-state index contributed by atoms with van der Waals surface area (Å²) in [6.07, 6.45) is 3.21. The zero-order chi connectivity index (χ0) is 14.7. The highest BCUT2D eigenvalue weighted by atomic mass is 35.5. The van der Waals surface area contributed by atoms with Crippen molar-refractivity contribution in [2.24, 2.45) is 0 Å². The maximum atomic E-state index is 5.95. The monoisotopic (exact) mass is 299 g/mol. The lowest BCUT2D eigenvalue weighted by molar-refractivity contribution is 0.484. The van der Waals surface area contributed by atoms with Crippen molar-refractivity contribution >= 4 is 22.5 Å². The molecule has 2 aromatic heterocycles. The molecule has 106 valence electrons. The number of hydrogen-bond donors (Lipinski definition) is 1. The second-order valence-electron chi connectivity index (χ2n) is 4.60. The Bertz CT molecular complexity index is 776. The minimum Gasteiger partial charge on any atom is -0.455 e. The fourth-order valence-electron chi connectivity index (χ4n) is 2.13. The average Bonchev–Trinajstić information content (AvgIpc) is 2.48. The number of nitrogens with zero attached hydrogens (tertiary/aromatic N) is 2. The maximum Gasteiger partial charge on any atom is 0.147 e. The van der Waals surface area contributed by atoms with E-state index in [1.54, 1.807) is 18.5 Å². The summed E-state index contributed by atoms with van der Waals surface area (Å²) < 4.78 is 5.94. The Morgan fingerprint density at radius 1 is 1.19 bits per heavy atom. The topological polar surface area (TPSA) is 47.0 Å². The van der Waals surface area contributed by atoms with E-state index in [4.69, 9.17) is 16.3 Å². The van der Waals surface area contributed by atoms with Gasteiger partial charge in [0.2, 0.25) is 0 Å². The Kier molecular flexibility index (Phi) is 3.99. The fourth-order valence-corrected chi connectivity index (χ4v) is 2.29. The number of fused-ring (bicyclic) bond motifs is 1. The van der Waals surface area contributed by atoms with Gasteiger partial charge in [0.1, 0.15) is 11.5 Å².